The number of sulfone groups is 1. The molecule has 1 amide bonds. The first kappa shape index (κ1) is 32.7. The van der Waals surface area contributed by atoms with E-state index in [0.29, 0.717) is 50.2 Å². The van der Waals surface area contributed by atoms with Crippen LogP contribution in [0.1, 0.15) is 57.1 Å². The third-order valence-corrected chi connectivity index (χ3v) is 13.6. The Morgan fingerprint density at radius 1 is 1.02 bits per heavy atom. The summed E-state index contributed by atoms with van der Waals surface area (Å²) in [5.41, 5.74) is 2.04. The molecule has 5 atom stereocenters. The Morgan fingerprint density at radius 3 is 2.62 bits per heavy atom. The van der Waals surface area contributed by atoms with E-state index in [1.54, 1.807) is 12.3 Å². The van der Waals surface area contributed by atoms with Crippen LogP contribution < -0.4 is 15.1 Å². The van der Waals surface area contributed by atoms with Crippen LogP contribution in [0.5, 0.6) is 0 Å². The highest BCUT2D eigenvalue weighted by Gasteiger charge is 2.45. The van der Waals surface area contributed by atoms with Crippen molar-refractivity contribution in [2.24, 2.45) is 5.92 Å². The quantitative estimate of drug-likeness (QED) is 0.327. The largest absolute Gasteiger partial charge is 0.378 e. The number of hydrogen-bond acceptors (Lipinski definition) is 10. The zero-order valence-corrected chi connectivity index (χ0v) is 28.4. The van der Waals surface area contributed by atoms with Crippen molar-refractivity contribution in [2.75, 3.05) is 55.0 Å². The molecule has 1 N–H and O–H groups in total. The number of halogens is 1. The number of likely N-dealkylation sites (tertiary alicyclic amines) is 1. The van der Waals surface area contributed by atoms with E-state index in [4.69, 9.17) is 9.72 Å². The molecule has 11 nitrogen and oxygen atoms in total. The van der Waals surface area contributed by atoms with Gasteiger partial charge in [0.15, 0.2) is 9.84 Å². The number of nitrogens with zero attached hydrogens (tertiary/aromatic N) is 6. The van der Waals surface area contributed by atoms with Crippen molar-refractivity contribution in [2.45, 2.75) is 74.3 Å². The molecular formula is C35H44FN7O4S. The molecule has 0 radical (unpaired) electrons. The lowest BCUT2D eigenvalue weighted by molar-refractivity contribution is -0.126. The number of ether oxygens (including phenoxy) is 1. The molecule has 0 spiro atoms. The van der Waals surface area contributed by atoms with Crippen LogP contribution in [0.4, 0.5) is 27.7 Å². The van der Waals surface area contributed by atoms with E-state index in [1.807, 2.05) is 29.0 Å². The second kappa shape index (κ2) is 13.2. The molecule has 3 aromatic rings. The summed E-state index contributed by atoms with van der Waals surface area (Å²) in [6, 6.07) is 7.85. The van der Waals surface area contributed by atoms with Gasteiger partial charge < -0.3 is 24.8 Å². The summed E-state index contributed by atoms with van der Waals surface area (Å²) in [7, 11) is -1.59. The lowest BCUT2D eigenvalue weighted by atomic mass is 9.90. The SMILES string of the molecule is C=CC(=O)N1CCC[C@H]1c1ccc(N2CC([C@H]3CCC[C@@H](C)S3(=O)=O)C2)c2cnc(Nc3ccnc(N4CC[C@@H](OC)[C@@H](F)C4)n3)cc12. The van der Waals surface area contributed by atoms with Gasteiger partial charge >= 0.3 is 0 Å². The van der Waals surface area contributed by atoms with Crippen LogP contribution in [0.3, 0.4) is 0 Å². The summed E-state index contributed by atoms with van der Waals surface area (Å²) in [5.74, 6) is 1.57. The van der Waals surface area contributed by atoms with Crippen molar-refractivity contribution in [3.63, 3.8) is 0 Å². The molecular weight excluding hydrogens is 633 g/mol. The van der Waals surface area contributed by atoms with E-state index in [9.17, 15) is 17.6 Å². The molecule has 4 fully saturated rings. The molecule has 4 saturated heterocycles. The van der Waals surface area contributed by atoms with Gasteiger partial charge in [-0.2, -0.15) is 4.98 Å². The lowest BCUT2D eigenvalue weighted by Gasteiger charge is -2.46. The zero-order chi connectivity index (χ0) is 33.6. The van der Waals surface area contributed by atoms with Crippen LogP contribution in [-0.2, 0) is 19.4 Å². The van der Waals surface area contributed by atoms with Crippen molar-refractivity contribution < 1.29 is 22.3 Å². The van der Waals surface area contributed by atoms with Gasteiger partial charge in [0, 0.05) is 62.7 Å². The Morgan fingerprint density at radius 2 is 1.85 bits per heavy atom. The summed E-state index contributed by atoms with van der Waals surface area (Å²) >= 11 is 0. The van der Waals surface area contributed by atoms with Crippen LogP contribution in [-0.4, -0.2) is 96.8 Å². The van der Waals surface area contributed by atoms with E-state index in [2.05, 4.69) is 38.9 Å². The molecule has 48 heavy (non-hydrogen) atoms. The number of carbonyl (C=O) groups is 1. The van der Waals surface area contributed by atoms with Crippen molar-refractivity contribution in [1.29, 1.82) is 0 Å². The number of carbonyl (C=O) groups excluding carboxylic acids is 1. The Labute approximate surface area is 281 Å². The van der Waals surface area contributed by atoms with Crippen molar-refractivity contribution in [3.05, 3.63) is 54.9 Å². The number of piperidine rings is 1. The summed E-state index contributed by atoms with van der Waals surface area (Å²) in [4.78, 5) is 32.6. The number of pyridine rings is 1. The van der Waals surface area contributed by atoms with E-state index in [1.165, 1.54) is 13.2 Å². The predicted octanol–water partition coefficient (Wildman–Crippen LogP) is 4.97. The highest BCUT2D eigenvalue weighted by Crippen LogP contribution is 2.43. The van der Waals surface area contributed by atoms with Gasteiger partial charge in [-0.05, 0) is 74.3 Å². The molecule has 0 aliphatic carbocycles. The third-order valence-electron chi connectivity index (χ3n) is 10.8. The average molecular weight is 678 g/mol. The van der Waals surface area contributed by atoms with Gasteiger partial charge in [0.1, 0.15) is 17.8 Å². The number of hydrogen-bond donors (Lipinski definition) is 1. The normalized spacial score (nSPS) is 27.6. The van der Waals surface area contributed by atoms with E-state index < -0.39 is 22.1 Å². The van der Waals surface area contributed by atoms with Gasteiger partial charge in [-0.1, -0.05) is 19.1 Å². The maximum Gasteiger partial charge on any atom is 0.246 e. The first-order chi connectivity index (χ1) is 23.2. The Kier molecular flexibility index (Phi) is 9.01. The summed E-state index contributed by atoms with van der Waals surface area (Å²) in [6.45, 7) is 8.35. The first-order valence-electron chi connectivity index (χ1n) is 17.0. The number of rotatable bonds is 8. The van der Waals surface area contributed by atoms with E-state index in [-0.39, 0.29) is 34.9 Å². The first-order valence-corrected chi connectivity index (χ1v) is 18.6. The number of aromatic nitrogens is 3. The monoisotopic (exact) mass is 677 g/mol. The van der Waals surface area contributed by atoms with Gasteiger partial charge in [0.25, 0.3) is 0 Å². The fraction of sp³-hybridized carbons (Fsp3) is 0.543. The summed E-state index contributed by atoms with van der Waals surface area (Å²) in [6.07, 6.45) is 8.05. The lowest BCUT2D eigenvalue weighted by Crippen LogP contribution is -2.56. The second-order valence-corrected chi connectivity index (χ2v) is 16.2. The number of fused-ring (bicyclic) bond motifs is 1. The van der Waals surface area contributed by atoms with Crippen molar-refractivity contribution in [3.8, 4) is 0 Å². The van der Waals surface area contributed by atoms with Crippen LogP contribution in [0.25, 0.3) is 10.8 Å². The number of alkyl halides is 1. The molecule has 1 aromatic carbocycles. The third kappa shape index (κ3) is 5.99. The van der Waals surface area contributed by atoms with Crippen LogP contribution in [0, 0.1) is 5.92 Å². The van der Waals surface area contributed by atoms with Crippen LogP contribution in [0.15, 0.2) is 49.3 Å². The smallest absolute Gasteiger partial charge is 0.246 e. The molecule has 0 saturated carbocycles. The topological polar surface area (TPSA) is 121 Å². The maximum atomic E-state index is 14.6. The molecule has 13 heteroatoms. The predicted molar refractivity (Wildman–Crippen MR) is 185 cm³/mol. The summed E-state index contributed by atoms with van der Waals surface area (Å²) < 4.78 is 46.2. The van der Waals surface area contributed by atoms with Crippen molar-refractivity contribution in [1.82, 2.24) is 19.9 Å². The Balaban J connectivity index is 1.18. The van der Waals surface area contributed by atoms with Gasteiger partial charge in [0.05, 0.1) is 29.2 Å². The minimum Gasteiger partial charge on any atom is -0.378 e. The minimum atomic E-state index is -3.13. The van der Waals surface area contributed by atoms with E-state index in [0.717, 1.165) is 54.1 Å². The number of benzene rings is 1. The summed E-state index contributed by atoms with van der Waals surface area (Å²) in [5, 5.41) is 4.69. The highest BCUT2D eigenvalue weighted by atomic mass is 32.2. The number of anilines is 4. The van der Waals surface area contributed by atoms with E-state index >= 15 is 0 Å². The average Bonchev–Trinajstić information content (AvgIpc) is 3.55. The molecule has 256 valence electrons. The minimum absolute atomic E-state index is 0.0887. The second-order valence-electron chi connectivity index (χ2n) is 13.6. The molecule has 4 aliphatic rings. The number of amides is 1. The van der Waals surface area contributed by atoms with Gasteiger partial charge in [-0.15, -0.1) is 0 Å². The maximum absolute atomic E-state index is 14.6. The molecule has 7 rings (SSSR count). The van der Waals surface area contributed by atoms with Gasteiger partial charge in [0.2, 0.25) is 11.9 Å². The molecule has 0 bridgehead atoms. The fourth-order valence-electron chi connectivity index (χ4n) is 8.07. The van der Waals surface area contributed by atoms with Crippen LogP contribution in [0.2, 0.25) is 0 Å². The standard InChI is InChI=1S/C35H44FN7O4S/c1-4-34(44)43-15-6-8-29(43)24-10-11-28(42-19-23(20-42)31-9-5-7-22(2)48(31,45)46)26-18-38-33(17-25(24)26)39-32-12-14-37-35(40-32)41-16-13-30(47-3)27(36)21-41/h4,10-12,14,17-18,22-23,27,29-31H,1,5-9,13,15-16,19-21H2,2-3H3,(H,37,38,39,40)/t22-,27+,29+,30-,31-/m1/s1. The zero-order valence-electron chi connectivity index (χ0n) is 27.6. The fourth-order valence-corrected chi connectivity index (χ4v) is 10.4. The Bertz CT molecular complexity index is 1800. The number of methoxy groups -OCH3 is 1. The Hall–Kier alpha value is -3.84. The highest BCUT2D eigenvalue weighted by molar-refractivity contribution is 7.92. The molecule has 6 heterocycles. The van der Waals surface area contributed by atoms with Crippen LogP contribution >= 0.6 is 0 Å². The molecule has 0 unspecified atom stereocenters. The molecule has 2 aromatic heterocycles. The number of nitrogens with one attached hydrogen (secondary N) is 1. The van der Waals surface area contributed by atoms with Gasteiger partial charge in [-0.3, -0.25) is 4.79 Å². The van der Waals surface area contributed by atoms with Gasteiger partial charge in [-0.25, -0.2) is 22.8 Å². The van der Waals surface area contributed by atoms with Crippen molar-refractivity contribution >= 4 is 49.8 Å². The molecule has 4 aliphatic heterocycles.